The van der Waals surface area contributed by atoms with Crippen molar-refractivity contribution in [2.24, 2.45) is 0 Å². The van der Waals surface area contributed by atoms with Crippen LogP contribution in [-0.4, -0.2) is 19.2 Å². The van der Waals surface area contributed by atoms with Crippen LogP contribution in [-0.2, 0) is 9.53 Å². The van der Waals surface area contributed by atoms with Crippen molar-refractivity contribution < 1.29 is 14.3 Å². The van der Waals surface area contributed by atoms with Crippen LogP contribution in [0, 0.1) is 0 Å². The number of carbonyl (C=O) groups excluding carboxylic acids is 1. The lowest BCUT2D eigenvalue weighted by Crippen LogP contribution is -2.11. The average Bonchev–Trinajstić information content (AvgIpc) is 2.74. The van der Waals surface area contributed by atoms with Crippen molar-refractivity contribution in [2.45, 2.75) is 45.6 Å². The van der Waals surface area contributed by atoms with Gasteiger partial charge in [0, 0.05) is 16.7 Å². The molecule has 0 amide bonds. The number of ether oxygens (including phenoxy) is 2. The van der Waals surface area contributed by atoms with Gasteiger partial charge in [-0.1, -0.05) is 38.0 Å². The number of carbonyl (C=O) groups is 1. The van der Waals surface area contributed by atoms with E-state index >= 15 is 0 Å². The fourth-order valence-corrected chi connectivity index (χ4v) is 2.65. The quantitative estimate of drug-likeness (QED) is 0.581. The van der Waals surface area contributed by atoms with Gasteiger partial charge in [0.05, 0.1) is 7.11 Å². The van der Waals surface area contributed by atoms with Crippen LogP contribution in [0.5, 0.6) is 5.75 Å². The Morgan fingerprint density at radius 2 is 2.00 bits per heavy atom. The maximum atomic E-state index is 11.9. The number of esters is 1. The summed E-state index contributed by atoms with van der Waals surface area (Å²) in [7, 11) is 1.65. The predicted molar refractivity (Wildman–Crippen MR) is 79.6 cm³/mol. The molecular weight excluding hydrogens is 252 g/mol. The molecule has 108 valence electrons. The molecule has 2 rings (SSSR count). The summed E-state index contributed by atoms with van der Waals surface area (Å²) in [5.41, 5.74) is 2.67. The van der Waals surface area contributed by atoms with Crippen molar-refractivity contribution in [3.63, 3.8) is 0 Å². The molecule has 3 heteroatoms. The summed E-state index contributed by atoms with van der Waals surface area (Å²) in [5, 5.41) is 0. The molecule has 1 aromatic rings. The molecule has 0 aromatic heterocycles. The molecule has 0 N–H and O–H groups in total. The molecule has 0 saturated heterocycles. The van der Waals surface area contributed by atoms with E-state index in [1.807, 2.05) is 31.2 Å². The van der Waals surface area contributed by atoms with Gasteiger partial charge in [-0.2, -0.15) is 0 Å². The molecule has 1 unspecified atom stereocenters. The predicted octanol–water partition coefficient (Wildman–Crippen LogP) is 3.97. The van der Waals surface area contributed by atoms with E-state index in [4.69, 9.17) is 9.47 Å². The largest absolute Gasteiger partial charge is 0.496 e. The van der Waals surface area contributed by atoms with E-state index in [1.165, 1.54) is 0 Å². The van der Waals surface area contributed by atoms with Crippen molar-refractivity contribution in [1.29, 1.82) is 0 Å². The molecule has 0 fully saturated rings. The van der Waals surface area contributed by atoms with Crippen LogP contribution >= 0.6 is 0 Å². The first-order valence-corrected chi connectivity index (χ1v) is 7.24. The monoisotopic (exact) mass is 274 g/mol. The summed E-state index contributed by atoms with van der Waals surface area (Å²) in [5.74, 6) is 0.591. The molecule has 1 aliphatic rings. The molecule has 0 spiro atoms. The van der Waals surface area contributed by atoms with Gasteiger partial charge in [-0.3, -0.25) is 0 Å². The lowest BCUT2D eigenvalue weighted by atomic mass is 9.94. The van der Waals surface area contributed by atoms with E-state index in [-0.39, 0.29) is 12.1 Å². The SMILES string of the molecule is CCCCCC1OC(=O)C(C)=C1c1ccccc1OC. The zero-order valence-corrected chi connectivity index (χ0v) is 12.4. The van der Waals surface area contributed by atoms with Gasteiger partial charge in [-0.15, -0.1) is 0 Å². The van der Waals surface area contributed by atoms with Crippen molar-refractivity contribution in [3.8, 4) is 5.75 Å². The Morgan fingerprint density at radius 3 is 2.70 bits per heavy atom. The Balaban J connectivity index is 2.31. The number of unbranched alkanes of at least 4 members (excludes halogenated alkanes) is 2. The minimum Gasteiger partial charge on any atom is -0.496 e. The van der Waals surface area contributed by atoms with Gasteiger partial charge in [0.25, 0.3) is 0 Å². The smallest absolute Gasteiger partial charge is 0.334 e. The minimum atomic E-state index is -0.201. The highest BCUT2D eigenvalue weighted by Crippen LogP contribution is 2.38. The normalized spacial score (nSPS) is 18.4. The molecular formula is C17H22O3. The van der Waals surface area contributed by atoms with Crippen LogP contribution in [0.1, 0.15) is 45.1 Å². The Labute approximate surface area is 120 Å². The van der Waals surface area contributed by atoms with Crippen LogP contribution in [0.3, 0.4) is 0 Å². The fourth-order valence-electron chi connectivity index (χ4n) is 2.65. The number of hydrogen-bond acceptors (Lipinski definition) is 3. The second-order valence-corrected chi connectivity index (χ2v) is 5.13. The number of para-hydroxylation sites is 1. The van der Waals surface area contributed by atoms with E-state index in [2.05, 4.69) is 6.92 Å². The molecule has 1 atom stereocenters. The zero-order valence-electron chi connectivity index (χ0n) is 12.4. The van der Waals surface area contributed by atoms with Crippen LogP contribution in [0.2, 0.25) is 0 Å². The highest BCUT2D eigenvalue weighted by Gasteiger charge is 2.33. The van der Waals surface area contributed by atoms with Gasteiger partial charge >= 0.3 is 5.97 Å². The molecule has 1 aromatic carbocycles. The van der Waals surface area contributed by atoms with E-state index in [1.54, 1.807) is 7.11 Å². The molecule has 1 aliphatic heterocycles. The molecule has 0 aliphatic carbocycles. The first kappa shape index (κ1) is 14.6. The van der Waals surface area contributed by atoms with Gasteiger partial charge in [0.2, 0.25) is 0 Å². The van der Waals surface area contributed by atoms with Gasteiger partial charge in [0.15, 0.2) is 0 Å². The van der Waals surface area contributed by atoms with Crippen LogP contribution in [0.25, 0.3) is 5.57 Å². The number of benzene rings is 1. The van der Waals surface area contributed by atoms with Crippen LogP contribution in [0.4, 0.5) is 0 Å². The number of cyclic esters (lactones) is 1. The molecule has 0 bridgehead atoms. The maximum Gasteiger partial charge on any atom is 0.334 e. The van der Waals surface area contributed by atoms with Crippen LogP contribution < -0.4 is 4.74 Å². The summed E-state index contributed by atoms with van der Waals surface area (Å²) >= 11 is 0. The molecule has 1 heterocycles. The molecule has 3 nitrogen and oxygen atoms in total. The summed E-state index contributed by atoms with van der Waals surface area (Å²) in [4.78, 5) is 11.9. The Kier molecular flexibility index (Phi) is 4.83. The Hall–Kier alpha value is -1.77. The summed E-state index contributed by atoms with van der Waals surface area (Å²) in [6.07, 6.45) is 4.13. The standard InChI is InChI=1S/C17H22O3/c1-4-5-6-11-15-16(12(2)17(18)20-15)13-9-7-8-10-14(13)19-3/h7-10,15H,4-6,11H2,1-3H3. The van der Waals surface area contributed by atoms with Gasteiger partial charge in [-0.05, 0) is 25.8 Å². The van der Waals surface area contributed by atoms with Gasteiger partial charge in [0.1, 0.15) is 11.9 Å². The third-order valence-corrected chi connectivity index (χ3v) is 3.75. The summed E-state index contributed by atoms with van der Waals surface area (Å²) in [6, 6.07) is 7.81. The Morgan fingerprint density at radius 1 is 1.25 bits per heavy atom. The van der Waals surface area contributed by atoms with E-state index in [0.717, 1.165) is 42.6 Å². The highest BCUT2D eigenvalue weighted by molar-refractivity contribution is 6.03. The molecule has 20 heavy (non-hydrogen) atoms. The van der Waals surface area contributed by atoms with E-state index in [9.17, 15) is 4.79 Å². The van der Waals surface area contributed by atoms with Crippen molar-refractivity contribution >= 4 is 11.5 Å². The lowest BCUT2D eigenvalue weighted by molar-refractivity contribution is -0.139. The second kappa shape index (κ2) is 6.60. The zero-order chi connectivity index (χ0) is 14.5. The summed E-state index contributed by atoms with van der Waals surface area (Å²) in [6.45, 7) is 4.01. The second-order valence-electron chi connectivity index (χ2n) is 5.13. The molecule has 0 saturated carbocycles. The maximum absolute atomic E-state index is 11.9. The third-order valence-electron chi connectivity index (χ3n) is 3.75. The number of hydrogen-bond donors (Lipinski definition) is 0. The number of methoxy groups -OCH3 is 1. The first-order valence-electron chi connectivity index (χ1n) is 7.24. The average molecular weight is 274 g/mol. The first-order chi connectivity index (χ1) is 9.69. The van der Waals surface area contributed by atoms with Crippen LogP contribution in [0.15, 0.2) is 29.8 Å². The topological polar surface area (TPSA) is 35.5 Å². The van der Waals surface area contributed by atoms with E-state index < -0.39 is 0 Å². The molecule has 0 radical (unpaired) electrons. The van der Waals surface area contributed by atoms with Crippen molar-refractivity contribution in [3.05, 3.63) is 35.4 Å². The van der Waals surface area contributed by atoms with Gasteiger partial charge in [-0.25, -0.2) is 4.79 Å². The van der Waals surface area contributed by atoms with Gasteiger partial charge < -0.3 is 9.47 Å². The van der Waals surface area contributed by atoms with Crippen molar-refractivity contribution in [1.82, 2.24) is 0 Å². The lowest BCUT2D eigenvalue weighted by Gasteiger charge is -2.16. The fraction of sp³-hybridized carbons (Fsp3) is 0.471. The van der Waals surface area contributed by atoms with E-state index in [0.29, 0.717) is 5.57 Å². The Bertz CT molecular complexity index is 517. The third kappa shape index (κ3) is 2.87. The van der Waals surface area contributed by atoms with Crippen molar-refractivity contribution in [2.75, 3.05) is 7.11 Å². The highest BCUT2D eigenvalue weighted by atomic mass is 16.5. The minimum absolute atomic E-state index is 0.134. The number of rotatable bonds is 6. The summed E-state index contributed by atoms with van der Waals surface area (Å²) < 4.78 is 10.9.